The van der Waals surface area contributed by atoms with Gasteiger partial charge in [0, 0.05) is 37.3 Å². The summed E-state index contributed by atoms with van der Waals surface area (Å²) in [6.45, 7) is 3.21. The Balaban J connectivity index is 1.81. The van der Waals surface area contributed by atoms with Crippen molar-refractivity contribution in [2.75, 3.05) is 13.6 Å². The van der Waals surface area contributed by atoms with E-state index in [1.165, 1.54) is 0 Å². The number of amides is 2. The summed E-state index contributed by atoms with van der Waals surface area (Å²) in [5.41, 5.74) is 2.32. The highest BCUT2D eigenvalue weighted by Gasteiger charge is 2.33. The van der Waals surface area contributed by atoms with Crippen molar-refractivity contribution in [1.82, 2.24) is 9.80 Å². The highest BCUT2D eigenvalue weighted by atomic mass is 32.1. The van der Waals surface area contributed by atoms with Gasteiger partial charge in [-0.25, -0.2) is 0 Å². The molecule has 3 rings (SSSR count). The minimum Gasteiger partial charge on any atom is -0.342 e. The van der Waals surface area contributed by atoms with Gasteiger partial charge in [-0.05, 0) is 60.4 Å². The van der Waals surface area contributed by atoms with Gasteiger partial charge < -0.3 is 9.80 Å². The van der Waals surface area contributed by atoms with Crippen LogP contribution in [0.15, 0.2) is 41.1 Å². The van der Waals surface area contributed by atoms with Crippen LogP contribution in [-0.2, 0) is 6.54 Å². The van der Waals surface area contributed by atoms with Crippen LogP contribution in [0, 0.1) is 0 Å². The quantitative estimate of drug-likeness (QED) is 0.804. The molecule has 1 saturated carbocycles. The van der Waals surface area contributed by atoms with Crippen molar-refractivity contribution >= 4 is 23.2 Å². The van der Waals surface area contributed by atoms with Crippen molar-refractivity contribution in [2.24, 2.45) is 0 Å². The topological polar surface area (TPSA) is 40.6 Å². The molecule has 0 spiro atoms. The highest BCUT2D eigenvalue weighted by Crippen LogP contribution is 2.30. The van der Waals surface area contributed by atoms with E-state index in [1.54, 1.807) is 47.5 Å². The molecular formula is C19H22N2O2S. The number of nitrogens with zero attached hydrogens (tertiary/aromatic N) is 2. The first-order chi connectivity index (χ1) is 11.6. The number of thiophene rings is 1. The van der Waals surface area contributed by atoms with Crippen LogP contribution in [0.3, 0.4) is 0 Å². The van der Waals surface area contributed by atoms with Crippen LogP contribution in [0.25, 0.3) is 0 Å². The lowest BCUT2D eigenvalue weighted by Crippen LogP contribution is -2.33. The minimum absolute atomic E-state index is 0.0116. The van der Waals surface area contributed by atoms with Crippen molar-refractivity contribution in [2.45, 2.75) is 32.4 Å². The van der Waals surface area contributed by atoms with Crippen molar-refractivity contribution < 1.29 is 9.59 Å². The summed E-state index contributed by atoms with van der Waals surface area (Å²) in [4.78, 5) is 28.9. The van der Waals surface area contributed by atoms with E-state index in [9.17, 15) is 9.59 Å². The Labute approximate surface area is 146 Å². The van der Waals surface area contributed by atoms with Crippen LogP contribution in [0.2, 0.25) is 0 Å². The van der Waals surface area contributed by atoms with E-state index in [0.717, 1.165) is 18.4 Å². The van der Waals surface area contributed by atoms with E-state index in [1.807, 2.05) is 17.2 Å². The molecule has 0 unspecified atom stereocenters. The molecule has 1 fully saturated rings. The molecule has 2 aromatic rings. The number of carbonyl (C=O) groups excluding carboxylic acids is 2. The number of rotatable bonds is 6. The Morgan fingerprint density at radius 1 is 1.17 bits per heavy atom. The normalized spacial score (nSPS) is 13.6. The average Bonchev–Trinajstić information content (AvgIpc) is 3.33. The molecule has 0 aliphatic heterocycles. The van der Waals surface area contributed by atoms with Crippen LogP contribution in [0.5, 0.6) is 0 Å². The third kappa shape index (κ3) is 3.67. The molecule has 5 heteroatoms. The maximum atomic E-state index is 13.0. The van der Waals surface area contributed by atoms with Gasteiger partial charge >= 0.3 is 0 Å². The highest BCUT2D eigenvalue weighted by molar-refractivity contribution is 7.07. The van der Waals surface area contributed by atoms with Crippen LogP contribution in [-0.4, -0.2) is 41.2 Å². The first-order valence-corrected chi connectivity index (χ1v) is 9.22. The maximum absolute atomic E-state index is 13.0. The lowest BCUT2D eigenvalue weighted by Gasteiger charge is -2.22. The van der Waals surface area contributed by atoms with Gasteiger partial charge in [0.2, 0.25) is 0 Å². The largest absolute Gasteiger partial charge is 0.342 e. The number of benzene rings is 1. The molecule has 1 aromatic carbocycles. The van der Waals surface area contributed by atoms with Gasteiger partial charge in [-0.1, -0.05) is 6.07 Å². The lowest BCUT2D eigenvalue weighted by atomic mass is 10.1. The molecule has 0 bridgehead atoms. The molecule has 2 amide bonds. The summed E-state index contributed by atoms with van der Waals surface area (Å²) in [7, 11) is 1.77. The molecule has 0 saturated heterocycles. The predicted octanol–water partition coefficient (Wildman–Crippen LogP) is 3.64. The lowest BCUT2D eigenvalue weighted by molar-refractivity contribution is 0.0730. The number of hydrogen-bond acceptors (Lipinski definition) is 3. The predicted molar refractivity (Wildman–Crippen MR) is 96.3 cm³/mol. The fourth-order valence-corrected chi connectivity index (χ4v) is 3.31. The summed E-state index contributed by atoms with van der Waals surface area (Å²) >= 11 is 1.65. The first kappa shape index (κ1) is 16.7. The van der Waals surface area contributed by atoms with Gasteiger partial charge in [-0.3, -0.25) is 9.59 Å². The summed E-state index contributed by atoms with van der Waals surface area (Å²) in [6.07, 6.45) is 2.13. The first-order valence-electron chi connectivity index (χ1n) is 8.27. The summed E-state index contributed by atoms with van der Waals surface area (Å²) < 4.78 is 0. The molecule has 1 heterocycles. The molecule has 1 aliphatic rings. The monoisotopic (exact) mass is 342 g/mol. The molecule has 0 N–H and O–H groups in total. The zero-order chi connectivity index (χ0) is 17.1. The van der Waals surface area contributed by atoms with Crippen LogP contribution >= 0.6 is 11.3 Å². The third-order valence-electron chi connectivity index (χ3n) is 4.36. The average molecular weight is 342 g/mol. The Hall–Kier alpha value is -2.14. The molecule has 126 valence electrons. The molecule has 0 radical (unpaired) electrons. The fraction of sp³-hybridized carbons (Fsp3) is 0.368. The van der Waals surface area contributed by atoms with Crippen molar-refractivity contribution in [3.63, 3.8) is 0 Å². The van der Waals surface area contributed by atoms with Gasteiger partial charge in [-0.15, -0.1) is 0 Å². The van der Waals surface area contributed by atoms with Crippen LogP contribution in [0.1, 0.15) is 46.0 Å². The number of carbonyl (C=O) groups is 2. The smallest absolute Gasteiger partial charge is 0.254 e. The molecule has 0 atom stereocenters. The van der Waals surface area contributed by atoms with Gasteiger partial charge in [0.05, 0.1) is 0 Å². The summed E-state index contributed by atoms with van der Waals surface area (Å²) in [5, 5.41) is 4.11. The molecule has 1 aromatic heterocycles. The van der Waals surface area contributed by atoms with Crippen LogP contribution in [0.4, 0.5) is 0 Å². The maximum Gasteiger partial charge on any atom is 0.254 e. The van der Waals surface area contributed by atoms with E-state index in [2.05, 4.69) is 11.4 Å². The van der Waals surface area contributed by atoms with Gasteiger partial charge in [0.25, 0.3) is 11.8 Å². The Kier molecular flexibility index (Phi) is 5.00. The van der Waals surface area contributed by atoms with E-state index in [0.29, 0.717) is 30.3 Å². The molecule has 4 nitrogen and oxygen atoms in total. The molecule has 24 heavy (non-hydrogen) atoms. The van der Waals surface area contributed by atoms with E-state index in [4.69, 9.17) is 0 Å². The summed E-state index contributed by atoms with van der Waals surface area (Å²) in [5.74, 6) is -0.0412. The molecule has 1 aliphatic carbocycles. The Bertz CT molecular complexity index is 723. The standard InChI is InChI=1S/C19H22N2O2S/c1-3-20(2)18(22)15-5-4-6-16(11-15)19(23)21(17-7-8-17)12-14-9-10-24-13-14/h4-6,9-11,13,17H,3,7-8,12H2,1-2H3. The minimum atomic E-state index is -0.0528. The van der Waals surface area contributed by atoms with Gasteiger partial charge in [0.1, 0.15) is 0 Å². The van der Waals surface area contributed by atoms with E-state index >= 15 is 0 Å². The third-order valence-corrected chi connectivity index (χ3v) is 5.09. The zero-order valence-corrected chi connectivity index (χ0v) is 14.9. The number of hydrogen-bond donors (Lipinski definition) is 0. The Morgan fingerprint density at radius 2 is 1.88 bits per heavy atom. The zero-order valence-electron chi connectivity index (χ0n) is 14.1. The SMILES string of the molecule is CCN(C)C(=O)c1cccc(C(=O)N(Cc2ccsc2)C2CC2)c1. The molecular weight excluding hydrogens is 320 g/mol. The van der Waals surface area contributed by atoms with Crippen molar-refractivity contribution in [3.8, 4) is 0 Å². The van der Waals surface area contributed by atoms with Crippen molar-refractivity contribution in [1.29, 1.82) is 0 Å². The summed E-state index contributed by atoms with van der Waals surface area (Å²) in [6, 6.07) is 9.47. The van der Waals surface area contributed by atoms with E-state index in [-0.39, 0.29) is 11.8 Å². The second-order valence-corrected chi connectivity index (χ2v) is 6.98. The van der Waals surface area contributed by atoms with Crippen LogP contribution < -0.4 is 0 Å². The van der Waals surface area contributed by atoms with Gasteiger partial charge in [0.15, 0.2) is 0 Å². The Morgan fingerprint density at radius 3 is 2.46 bits per heavy atom. The van der Waals surface area contributed by atoms with E-state index < -0.39 is 0 Å². The van der Waals surface area contributed by atoms with Gasteiger partial charge in [-0.2, -0.15) is 11.3 Å². The van der Waals surface area contributed by atoms with Crippen molar-refractivity contribution in [3.05, 3.63) is 57.8 Å². The second-order valence-electron chi connectivity index (χ2n) is 6.20. The fourth-order valence-electron chi connectivity index (χ4n) is 2.65. The second kappa shape index (κ2) is 7.18.